The van der Waals surface area contributed by atoms with Crippen molar-refractivity contribution in [2.45, 2.75) is 196 Å². The molecule has 0 radical (unpaired) electrons. The van der Waals surface area contributed by atoms with E-state index in [2.05, 4.69) is 42.6 Å². The molecule has 0 aromatic rings. The molecular weight excluding hydrogens is 779 g/mol. The van der Waals surface area contributed by atoms with Gasteiger partial charge in [0, 0.05) is 50.4 Å². The van der Waals surface area contributed by atoms with E-state index in [4.69, 9.17) is 0 Å². The van der Waals surface area contributed by atoms with Crippen molar-refractivity contribution in [3.63, 3.8) is 0 Å². The number of fused-ring (bicyclic) bond motifs is 1. The van der Waals surface area contributed by atoms with Crippen LogP contribution in [0, 0.1) is 44.8 Å². The highest BCUT2D eigenvalue weighted by atomic mass is 32.2. The highest BCUT2D eigenvalue weighted by Gasteiger charge is 2.85. The summed E-state index contributed by atoms with van der Waals surface area (Å²) in [7, 11) is -2.65. The molecule has 2 spiro atoms. The molecule has 2 aliphatic heterocycles. The Morgan fingerprint density at radius 2 is 1.52 bits per heavy atom. The van der Waals surface area contributed by atoms with Gasteiger partial charge in [-0.25, -0.2) is 4.72 Å². The molecule has 6 fully saturated rings. The van der Waals surface area contributed by atoms with Crippen molar-refractivity contribution in [2.75, 3.05) is 26.7 Å². The lowest BCUT2D eigenvalue weighted by Crippen LogP contribution is -2.57. The van der Waals surface area contributed by atoms with Gasteiger partial charge in [0.1, 0.15) is 0 Å². The van der Waals surface area contributed by atoms with Crippen molar-refractivity contribution in [3.05, 3.63) is 0 Å². The van der Waals surface area contributed by atoms with Gasteiger partial charge in [-0.3, -0.25) is 28.9 Å². The number of carbonyl (C=O) groups excluding carboxylic acids is 5. The Morgan fingerprint density at radius 1 is 0.867 bits per heavy atom. The van der Waals surface area contributed by atoms with E-state index < -0.39 is 44.9 Å². The monoisotopic (exact) mass is 858 g/mol. The Bertz CT molecular complexity index is 1760. The van der Waals surface area contributed by atoms with Gasteiger partial charge >= 0.3 is 10.2 Å². The summed E-state index contributed by atoms with van der Waals surface area (Å²) >= 11 is 0. The Kier molecular flexibility index (Phi) is 13.6. The first-order chi connectivity index (χ1) is 28.0. The van der Waals surface area contributed by atoms with Crippen molar-refractivity contribution in [2.24, 2.45) is 44.8 Å². The summed E-state index contributed by atoms with van der Waals surface area (Å²) in [5.74, 6) is -2.11. The third-order valence-electron chi connectivity index (χ3n) is 17.3. The molecule has 2 heterocycles. The van der Waals surface area contributed by atoms with Crippen LogP contribution in [0.4, 0.5) is 0 Å². The number of piperidine rings is 1. The van der Waals surface area contributed by atoms with Crippen molar-refractivity contribution >= 4 is 39.5 Å². The van der Waals surface area contributed by atoms with Gasteiger partial charge in [-0.15, -0.1) is 0 Å². The molecular formula is C47H79N5O7S. The van der Waals surface area contributed by atoms with E-state index >= 15 is 4.79 Å². The van der Waals surface area contributed by atoms with Gasteiger partial charge in [0.2, 0.25) is 17.7 Å². The average molecular weight is 858 g/mol. The standard InChI is InChI=1S/C47H79N5O7S/c1-11-24-50(10)60(58,59)49-42(57)45(27-33(45)12-2)29-38(54)36-28-47(44(8,9)46(47)22-18-23-46)30-52(36)41(56)34(43(5,6)7)26-37(53)39(32-19-14-13-15-20-32)48-40(55)35-21-16-17-25-51(35)31(3)4/h31-36,39H,11-30H2,1-10H3,(H,48,55)(H,49,57)/t33-,34-,35+,36+,39+,45-,47-/m1/s1. The fourth-order valence-corrected chi connectivity index (χ4v) is 14.1. The van der Waals surface area contributed by atoms with Gasteiger partial charge in [0.25, 0.3) is 0 Å². The van der Waals surface area contributed by atoms with Crippen LogP contribution in [0.5, 0.6) is 0 Å². The lowest BCUT2D eigenvalue weighted by Gasteiger charge is -2.40. The summed E-state index contributed by atoms with van der Waals surface area (Å²) in [5.41, 5.74) is -2.09. The molecule has 13 heteroatoms. The van der Waals surface area contributed by atoms with Crippen LogP contribution in [0.25, 0.3) is 0 Å². The number of Topliss-reactive ketones (excluding diaryl/α,β-unsaturated/α-hetero) is 2. The predicted octanol–water partition coefficient (Wildman–Crippen LogP) is 6.81. The van der Waals surface area contributed by atoms with Gasteiger partial charge in [-0.05, 0) is 106 Å². The quantitative estimate of drug-likeness (QED) is 0.162. The van der Waals surface area contributed by atoms with Gasteiger partial charge in [0.15, 0.2) is 11.6 Å². The average Bonchev–Trinajstić information content (AvgIpc) is 3.90. The van der Waals surface area contributed by atoms with E-state index in [1.54, 1.807) is 4.90 Å². The second-order valence-electron chi connectivity index (χ2n) is 22.0. The molecule has 0 unspecified atom stereocenters. The number of carbonyl (C=O) groups is 5. The van der Waals surface area contributed by atoms with Crippen LogP contribution in [-0.2, 0) is 34.2 Å². The van der Waals surface area contributed by atoms with E-state index in [1.165, 1.54) is 7.05 Å². The zero-order valence-electron chi connectivity index (χ0n) is 38.8. The minimum Gasteiger partial charge on any atom is -0.345 e. The topological polar surface area (TPSA) is 153 Å². The van der Waals surface area contributed by atoms with E-state index in [0.717, 1.165) is 81.5 Å². The third-order valence-corrected chi connectivity index (χ3v) is 18.8. The Morgan fingerprint density at radius 3 is 2.05 bits per heavy atom. The SMILES string of the molecule is CCCN(C)S(=O)(=O)NC(=O)[C@@]1(CC(=O)[C@@H]2C[C@@]3(CN2C(=O)[C@@H](CC(=O)[C@@H](NC(=O)[C@@H]2CCCCN2C(C)C)C2CCCCC2)C(C)(C)C)C(C)(C)C32CCC2)C[C@H]1CC. The van der Waals surface area contributed by atoms with Gasteiger partial charge < -0.3 is 10.2 Å². The molecule has 4 saturated carbocycles. The Balaban J connectivity index is 1.28. The highest BCUT2D eigenvalue weighted by Crippen LogP contribution is 2.88. The molecule has 2 saturated heterocycles. The number of amides is 3. The normalized spacial score (nSPS) is 31.2. The third kappa shape index (κ3) is 8.27. The van der Waals surface area contributed by atoms with Crippen LogP contribution in [0.2, 0.25) is 0 Å². The Hall–Kier alpha value is -2.38. The molecule has 6 aliphatic rings. The van der Waals surface area contributed by atoms with Crippen molar-refractivity contribution in [3.8, 4) is 0 Å². The number of nitrogens with zero attached hydrogens (tertiary/aromatic N) is 3. The summed E-state index contributed by atoms with van der Waals surface area (Å²) in [5, 5.41) is 3.28. The molecule has 0 aromatic heterocycles. The zero-order chi connectivity index (χ0) is 44.2. The molecule has 6 rings (SSSR count). The van der Waals surface area contributed by atoms with Crippen LogP contribution in [0.1, 0.15) is 171 Å². The predicted molar refractivity (Wildman–Crippen MR) is 234 cm³/mol. The van der Waals surface area contributed by atoms with Crippen LogP contribution in [0.3, 0.4) is 0 Å². The summed E-state index contributed by atoms with van der Waals surface area (Å²) in [6, 6.07) is -1.53. The van der Waals surface area contributed by atoms with Crippen LogP contribution < -0.4 is 10.0 Å². The maximum Gasteiger partial charge on any atom is 0.303 e. The number of hydrogen-bond donors (Lipinski definition) is 2. The molecule has 60 heavy (non-hydrogen) atoms. The molecule has 2 N–H and O–H groups in total. The van der Waals surface area contributed by atoms with Crippen LogP contribution >= 0.6 is 0 Å². The lowest BCUT2D eigenvalue weighted by molar-refractivity contribution is -0.147. The van der Waals surface area contributed by atoms with Crippen molar-refractivity contribution < 1.29 is 32.4 Å². The molecule has 7 atom stereocenters. The first kappa shape index (κ1) is 47.1. The van der Waals surface area contributed by atoms with Crippen LogP contribution in [0.15, 0.2) is 0 Å². The second kappa shape index (κ2) is 17.3. The molecule has 4 aliphatic carbocycles. The lowest BCUT2D eigenvalue weighted by atomic mass is 9.73. The number of rotatable bonds is 17. The van der Waals surface area contributed by atoms with Gasteiger partial charge in [-0.2, -0.15) is 12.7 Å². The van der Waals surface area contributed by atoms with E-state index in [0.29, 0.717) is 32.2 Å². The first-order valence-corrected chi connectivity index (χ1v) is 25.2. The minimum atomic E-state index is -4.09. The summed E-state index contributed by atoms with van der Waals surface area (Å²) < 4.78 is 29.7. The van der Waals surface area contributed by atoms with Gasteiger partial charge in [-0.1, -0.05) is 87.0 Å². The van der Waals surface area contributed by atoms with E-state index in [9.17, 15) is 27.6 Å². The number of ketones is 2. The van der Waals surface area contributed by atoms with E-state index in [1.807, 2.05) is 34.6 Å². The van der Waals surface area contributed by atoms with Crippen molar-refractivity contribution in [1.29, 1.82) is 0 Å². The maximum atomic E-state index is 15.4. The van der Waals surface area contributed by atoms with Crippen LogP contribution in [-0.4, -0.2) is 103 Å². The largest absolute Gasteiger partial charge is 0.345 e. The summed E-state index contributed by atoms with van der Waals surface area (Å²) in [4.78, 5) is 77.3. The summed E-state index contributed by atoms with van der Waals surface area (Å²) in [6.45, 7) is 20.1. The fraction of sp³-hybridized carbons (Fsp3) is 0.894. The molecule has 340 valence electrons. The fourth-order valence-electron chi connectivity index (χ4n) is 13.1. The minimum absolute atomic E-state index is 0.00935. The molecule has 0 bridgehead atoms. The van der Waals surface area contributed by atoms with E-state index in [-0.39, 0.29) is 82.9 Å². The number of hydrogen-bond acceptors (Lipinski definition) is 8. The summed E-state index contributed by atoms with van der Waals surface area (Å²) in [6.07, 6.45) is 12.8. The molecule has 0 aromatic carbocycles. The number of nitrogens with one attached hydrogen (secondary N) is 2. The smallest absolute Gasteiger partial charge is 0.303 e. The first-order valence-electron chi connectivity index (χ1n) is 23.7. The maximum absolute atomic E-state index is 15.4. The second-order valence-corrected chi connectivity index (χ2v) is 23.8. The number of likely N-dealkylation sites (tertiary alicyclic amines) is 2. The highest BCUT2D eigenvalue weighted by molar-refractivity contribution is 7.87. The van der Waals surface area contributed by atoms with Crippen molar-refractivity contribution in [1.82, 2.24) is 24.1 Å². The van der Waals surface area contributed by atoms with Gasteiger partial charge in [0.05, 0.1) is 23.5 Å². The molecule has 3 amide bonds. The molecule has 12 nitrogen and oxygen atoms in total. The zero-order valence-corrected chi connectivity index (χ0v) is 39.6. The Labute approximate surface area is 362 Å².